The predicted molar refractivity (Wildman–Crippen MR) is 79.3 cm³/mol. The molecule has 0 spiro atoms. The van der Waals surface area contributed by atoms with Crippen molar-refractivity contribution in [2.45, 2.75) is 12.5 Å². The predicted octanol–water partition coefficient (Wildman–Crippen LogP) is 3.99. The van der Waals surface area contributed by atoms with Gasteiger partial charge in [0.15, 0.2) is 0 Å². The lowest BCUT2D eigenvalue weighted by Gasteiger charge is -2.17. The highest BCUT2D eigenvalue weighted by Crippen LogP contribution is 2.26. The van der Waals surface area contributed by atoms with Crippen LogP contribution < -0.4 is 11.3 Å². The van der Waals surface area contributed by atoms with Gasteiger partial charge in [0.05, 0.1) is 6.04 Å². The van der Waals surface area contributed by atoms with Crippen LogP contribution in [0.4, 0.5) is 4.39 Å². The van der Waals surface area contributed by atoms with E-state index in [4.69, 9.17) is 17.4 Å². The lowest BCUT2D eigenvalue weighted by atomic mass is 9.99. The molecule has 0 aliphatic carbocycles. The third-order valence-electron chi connectivity index (χ3n) is 2.87. The molecule has 2 aromatic carbocycles. The minimum absolute atomic E-state index is 0.202. The molecule has 0 saturated heterocycles. The van der Waals surface area contributed by atoms with Crippen LogP contribution in [-0.2, 0) is 6.42 Å². The zero-order chi connectivity index (χ0) is 13.8. The first-order chi connectivity index (χ1) is 9.10. The summed E-state index contributed by atoms with van der Waals surface area (Å²) in [4.78, 5) is 0. The fourth-order valence-electron chi connectivity index (χ4n) is 1.93. The monoisotopic (exact) mass is 342 g/mol. The van der Waals surface area contributed by atoms with Gasteiger partial charge in [-0.05, 0) is 41.8 Å². The van der Waals surface area contributed by atoms with E-state index in [1.165, 1.54) is 6.07 Å². The molecule has 3 N–H and O–H groups in total. The smallest absolute Gasteiger partial charge is 0.126 e. The number of hydrogen-bond donors (Lipinski definition) is 2. The second-order valence-electron chi connectivity index (χ2n) is 4.22. The lowest BCUT2D eigenvalue weighted by Crippen LogP contribution is -2.29. The average Bonchev–Trinajstić information content (AvgIpc) is 2.36. The molecule has 2 rings (SSSR count). The van der Waals surface area contributed by atoms with Crippen LogP contribution >= 0.6 is 27.5 Å². The molecule has 0 heterocycles. The van der Waals surface area contributed by atoms with Gasteiger partial charge in [-0.2, -0.15) is 0 Å². The van der Waals surface area contributed by atoms with Crippen LogP contribution in [-0.4, -0.2) is 0 Å². The molecule has 1 unspecified atom stereocenters. The van der Waals surface area contributed by atoms with Crippen molar-refractivity contribution < 1.29 is 4.39 Å². The number of benzene rings is 2. The Balaban J connectivity index is 2.28. The summed E-state index contributed by atoms with van der Waals surface area (Å²) in [6.45, 7) is 0. The zero-order valence-electron chi connectivity index (χ0n) is 10.0. The summed E-state index contributed by atoms with van der Waals surface area (Å²) in [6, 6.07) is 12.0. The van der Waals surface area contributed by atoms with E-state index in [0.717, 1.165) is 10.0 Å². The van der Waals surface area contributed by atoms with Gasteiger partial charge in [-0.3, -0.25) is 11.3 Å². The van der Waals surface area contributed by atoms with Gasteiger partial charge in [0.2, 0.25) is 0 Å². The zero-order valence-corrected chi connectivity index (χ0v) is 12.4. The highest BCUT2D eigenvalue weighted by Gasteiger charge is 2.14. The third-order valence-corrected chi connectivity index (χ3v) is 3.55. The molecule has 2 aromatic rings. The Morgan fingerprint density at radius 3 is 2.63 bits per heavy atom. The van der Waals surface area contributed by atoms with Gasteiger partial charge < -0.3 is 0 Å². The van der Waals surface area contributed by atoms with Crippen LogP contribution in [0.15, 0.2) is 46.9 Å². The summed E-state index contributed by atoms with van der Waals surface area (Å²) in [5.41, 5.74) is 4.22. The minimum Gasteiger partial charge on any atom is -0.271 e. The lowest BCUT2D eigenvalue weighted by molar-refractivity contribution is 0.529. The van der Waals surface area contributed by atoms with Gasteiger partial charge in [-0.15, -0.1) is 0 Å². The number of halogens is 3. The molecular weight excluding hydrogens is 331 g/mol. The van der Waals surface area contributed by atoms with Crippen molar-refractivity contribution in [3.63, 3.8) is 0 Å². The van der Waals surface area contributed by atoms with Crippen molar-refractivity contribution in [2.24, 2.45) is 5.84 Å². The Labute approximate surface area is 124 Å². The summed E-state index contributed by atoms with van der Waals surface area (Å²) in [5.74, 6) is 5.34. The number of nitrogens with two attached hydrogens (primary N) is 1. The summed E-state index contributed by atoms with van der Waals surface area (Å²) < 4.78 is 14.5. The topological polar surface area (TPSA) is 38.0 Å². The van der Waals surface area contributed by atoms with Gasteiger partial charge in [-0.1, -0.05) is 45.7 Å². The minimum atomic E-state index is -0.233. The van der Waals surface area contributed by atoms with Crippen molar-refractivity contribution in [1.82, 2.24) is 5.43 Å². The Kier molecular flexibility index (Phi) is 4.93. The number of rotatable bonds is 4. The SMILES string of the molecule is NNC(Cc1ccccc1F)c1cc(Cl)cc(Br)c1. The Morgan fingerprint density at radius 1 is 1.26 bits per heavy atom. The second kappa shape index (κ2) is 6.48. The summed E-state index contributed by atoms with van der Waals surface area (Å²) >= 11 is 9.40. The fourth-order valence-corrected chi connectivity index (χ4v) is 2.82. The summed E-state index contributed by atoms with van der Waals surface area (Å²) in [5, 5.41) is 0.609. The number of hydrazine groups is 1. The van der Waals surface area contributed by atoms with Crippen molar-refractivity contribution in [1.29, 1.82) is 0 Å². The van der Waals surface area contributed by atoms with Crippen LogP contribution in [0.25, 0.3) is 0 Å². The maximum atomic E-state index is 13.7. The molecule has 0 bridgehead atoms. The van der Waals surface area contributed by atoms with E-state index in [2.05, 4.69) is 21.4 Å². The normalized spacial score (nSPS) is 12.4. The van der Waals surface area contributed by atoms with Crippen LogP contribution in [0.3, 0.4) is 0 Å². The number of hydrogen-bond acceptors (Lipinski definition) is 2. The van der Waals surface area contributed by atoms with Gasteiger partial charge in [0.1, 0.15) is 5.82 Å². The Morgan fingerprint density at radius 2 is 2.00 bits per heavy atom. The molecule has 0 aliphatic heterocycles. The van der Waals surface area contributed by atoms with E-state index < -0.39 is 0 Å². The van der Waals surface area contributed by atoms with Crippen molar-refractivity contribution in [2.75, 3.05) is 0 Å². The Hall–Kier alpha value is -0.940. The van der Waals surface area contributed by atoms with E-state index in [-0.39, 0.29) is 11.9 Å². The molecule has 0 saturated carbocycles. The van der Waals surface area contributed by atoms with Crippen molar-refractivity contribution in [3.05, 3.63) is 68.9 Å². The van der Waals surface area contributed by atoms with Crippen LogP contribution in [0.5, 0.6) is 0 Å². The van der Waals surface area contributed by atoms with Gasteiger partial charge >= 0.3 is 0 Å². The molecule has 0 fully saturated rings. The molecule has 0 amide bonds. The van der Waals surface area contributed by atoms with Crippen LogP contribution in [0.1, 0.15) is 17.2 Å². The average molecular weight is 344 g/mol. The van der Waals surface area contributed by atoms with E-state index in [9.17, 15) is 4.39 Å². The molecule has 1 atom stereocenters. The molecule has 19 heavy (non-hydrogen) atoms. The Bertz CT molecular complexity index is 557. The third kappa shape index (κ3) is 3.76. The van der Waals surface area contributed by atoms with E-state index in [1.807, 2.05) is 12.1 Å². The largest absolute Gasteiger partial charge is 0.271 e. The fraction of sp³-hybridized carbons (Fsp3) is 0.143. The van der Waals surface area contributed by atoms with Crippen LogP contribution in [0, 0.1) is 5.82 Å². The molecular formula is C14H13BrClFN2. The first kappa shape index (κ1) is 14.5. The highest BCUT2D eigenvalue weighted by molar-refractivity contribution is 9.10. The maximum Gasteiger partial charge on any atom is 0.126 e. The molecule has 100 valence electrons. The van der Waals surface area contributed by atoms with Gasteiger partial charge in [0.25, 0.3) is 0 Å². The first-order valence-corrected chi connectivity index (χ1v) is 6.93. The molecule has 5 heteroatoms. The van der Waals surface area contributed by atoms with E-state index in [0.29, 0.717) is 17.0 Å². The molecule has 2 nitrogen and oxygen atoms in total. The molecule has 0 aromatic heterocycles. The maximum absolute atomic E-state index is 13.7. The highest BCUT2D eigenvalue weighted by atomic mass is 79.9. The number of nitrogens with one attached hydrogen (secondary N) is 1. The van der Waals surface area contributed by atoms with Crippen LogP contribution in [0.2, 0.25) is 5.02 Å². The molecule has 0 aliphatic rings. The molecule has 0 radical (unpaired) electrons. The van der Waals surface area contributed by atoms with E-state index >= 15 is 0 Å². The standard InChI is InChI=1S/C14H13BrClFN2/c15-11-5-10(6-12(16)8-11)14(19-18)7-9-3-1-2-4-13(9)17/h1-6,8,14,19H,7,18H2. The van der Waals surface area contributed by atoms with Crippen molar-refractivity contribution in [3.8, 4) is 0 Å². The van der Waals surface area contributed by atoms with Gasteiger partial charge in [-0.25, -0.2) is 4.39 Å². The quantitative estimate of drug-likeness (QED) is 0.651. The summed E-state index contributed by atoms with van der Waals surface area (Å²) in [7, 11) is 0. The summed E-state index contributed by atoms with van der Waals surface area (Å²) in [6.07, 6.45) is 0.454. The first-order valence-electron chi connectivity index (χ1n) is 5.75. The van der Waals surface area contributed by atoms with Crippen molar-refractivity contribution >= 4 is 27.5 Å². The van der Waals surface area contributed by atoms with E-state index in [1.54, 1.807) is 24.3 Å². The van der Waals surface area contributed by atoms with Gasteiger partial charge in [0, 0.05) is 9.50 Å². The second-order valence-corrected chi connectivity index (χ2v) is 5.57.